The molecular formula is C65H106N14O15. The van der Waals surface area contributed by atoms with Crippen LogP contribution in [0.2, 0.25) is 0 Å². The molecule has 29 nitrogen and oxygen atoms in total. The lowest BCUT2D eigenvalue weighted by molar-refractivity contribution is -0.148. The number of likely N-dealkylation sites (tertiary alicyclic amines) is 1. The Morgan fingerprint density at radius 3 is 1.98 bits per heavy atom. The zero-order valence-electron chi connectivity index (χ0n) is 57.4. The van der Waals surface area contributed by atoms with Crippen LogP contribution in [0.3, 0.4) is 0 Å². The fourth-order valence-corrected chi connectivity index (χ4v) is 11.3. The van der Waals surface area contributed by atoms with Crippen molar-refractivity contribution in [3.05, 3.63) is 76.2 Å². The van der Waals surface area contributed by atoms with Crippen LogP contribution in [0.15, 0.2) is 59.7 Å². The topological polar surface area (TPSA) is 389 Å². The fraction of sp³-hybridized carbons (Fsp3) is 0.677. The summed E-state index contributed by atoms with van der Waals surface area (Å²) in [6, 6.07) is 8.03. The van der Waals surface area contributed by atoms with Gasteiger partial charge in [0.25, 0.3) is 0 Å². The monoisotopic (exact) mass is 1320 g/mol. The molecule has 0 aliphatic carbocycles. The highest BCUT2D eigenvalue weighted by molar-refractivity contribution is 5.98. The van der Waals surface area contributed by atoms with E-state index in [1.165, 1.54) is 26.2 Å². The molecule has 1 saturated heterocycles. The highest BCUT2D eigenvalue weighted by Gasteiger charge is 2.44. The van der Waals surface area contributed by atoms with Crippen molar-refractivity contribution in [2.24, 2.45) is 40.4 Å². The molecule has 2 aromatic carbocycles. The predicted octanol–water partition coefficient (Wildman–Crippen LogP) is 5.12. The first-order chi connectivity index (χ1) is 44.6. The van der Waals surface area contributed by atoms with Gasteiger partial charge in [-0.3, -0.25) is 33.7 Å². The summed E-state index contributed by atoms with van der Waals surface area (Å²) >= 11 is 0. The lowest BCUT2D eigenvalue weighted by Crippen LogP contribution is -2.60. The van der Waals surface area contributed by atoms with E-state index in [1.807, 2.05) is 32.0 Å². The Bertz CT molecular complexity index is 2760. The predicted molar refractivity (Wildman–Crippen MR) is 353 cm³/mol. The van der Waals surface area contributed by atoms with Crippen molar-refractivity contribution in [1.29, 1.82) is 0 Å². The first-order valence-corrected chi connectivity index (χ1v) is 32.4. The second kappa shape index (κ2) is 41.8. The number of urea groups is 2. The molecule has 10 N–H and O–H groups in total. The van der Waals surface area contributed by atoms with E-state index in [2.05, 4.69) is 47.2 Å². The summed E-state index contributed by atoms with van der Waals surface area (Å²) in [6.07, 6.45) is -1.09. The van der Waals surface area contributed by atoms with Crippen LogP contribution < -0.4 is 43.0 Å². The first-order valence-electron chi connectivity index (χ1n) is 32.4. The van der Waals surface area contributed by atoms with Crippen molar-refractivity contribution >= 4 is 59.3 Å². The van der Waals surface area contributed by atoms with E-state index in [4.69, 9.17) is 34.9 Å². The number of anilines is 1. The number of amides is 11. The number of azide groups is 1. The van der Waals surface area contributed by atoms with Gasteiger partial charge in [-0.2, -0.15) is 0 Å². The van der Waals surface area contributed by atoms with Gasteiger partial charge >= 0.3 is 18.2 Å². The molecule has 94 heavy (non-hydrogen) atoms. The number of hydrogen-bond donors (Lipinski definition) is 9. The number of nitrogens with zero attached hydrogens (tertiary/aromatic N) is 6. The Hall–Kier alpha value is -7.82. The van der Waals surface area contributed by atoms with Crippen molar-refractivity contribution < 1.29 is 71.9 Å². The fourth-order valence-electron chi connectivity index (χ4n) is 11.3. The van der Waals surface area contributed by atoms with Crippen LogP contribution in [0, 0.1) is 29.6 Å². The second-order valence-corrected chi connectivity index (χ2v) is 24.8. The van der Waals surface area contributed by atoms with Gasteiger partial charge in [0, 0.05) is 65.1 Å². The Morgan fingerprint density at radius 2 is 1.39 bits per heavy atom. The van der Waals surface area contributed by atoms with Crippen molar-refractivity contribution in [2.45, 2.75) is 175 Å². The number of ether oxygens (including phenoxy) is 5. The number of aliphatic hydroxyl groups excluding tert-OH is 1. The number of likely N-dealkylation sites (N-methyl/N-ethyl adjacent to an activating group) is 2. The van der Waals surface area contributed by atoms with Crippen molar-refractivity contribution in [3.63, 3.8) is 0 Å². The molecule has 0 bridgehead atoms. The standard InChI is InChI=1S/C65H106N14O15/c1-15-42(8)55(50(90-13)37-51(80)79-32-20-24-49(79)57(91-14)43(9)58(82)71-44(10)56(81)46-21-17-16-18-22-46)77(11)62(86)53(40(4)5)74-61(85)54(41(6)7)78(12)65(89)94-38-45-25-27-47(28-26-45)72-59(83)48(23-19-29-68-63(66)87)73-60(84)52(39(2)3)75-64(88)69-30-33-92-35-36-93-34-31-70-76-67/h16-18,21-22,25-28,39-44,48-50,52-57,81H,15,19-20,23-24,29-38H2,1-14H3,(H,71,82)(H,72,83)(H,73,84)(H,74,85)(H3,66,68,87)(H2,69,75,88)/t42-,43+,44+,48-,49-,50+,52-,53-,54-,55-,56?,57+/m1/s1. The van der Waals surface area contributed by atoms with Crippen molar-refractivity contribution in [2.75, 3.05) is 86.2 Å². The van der Waals surface area contributed by atoms with E-state index in [0.29, 0.717) is 42.6 Å². The van der Waals surface area contributed by atoms with Crippen LogP contribution in [-0.2, 0) is 59.1 Å². The van der Waals surface area contributed by atoms with Crippen LogP contribution in [-0.4, -0.2) is 209 Å². The summed E-state index contributed by atoms with van der Waals surface area (Å²) in [5.41, 5.74) is 15.1. The normalized spacial score (nSPS) is 16.5. The molecule has 0 aromatic heterocycles. The largest absolute Gasteiger partial charge is 0.445 e. The summed E-state index contributed by atoms with van der Waals surface area (Å²) in [4.78, 5) is 130. The summed E-state index contributed by atoms with van der Waals surface area (Å²) < 4.78 is 28.4. The number of nitrogens with one attached hydrogen (secondary N) is 7. The summed E-state index contributed by atoms with van der Waals surface area (Å²) in [5.74, 6) is -4.94. The average molecular weight is 1320 g/mol. The highest BCUT2D eigenvalue weighted by atomic mass is 16.6. The number of hydrogen-bond acceptors (Lipinski definition) is 16. The van der Waals surface area contributed by atoms with Crippen molar-refractivity contribution in [1.82, 2.24) is 46.6 Å². The maximum Gasteiger partial charge on any atom is 0.410 e. The molecule has 0 spiro atoms. The van der Waals surface area contributed by atoms with E-state index in [1.54, 1.807) is 109 Å². The van der Waals surface area contributed by atoms with Crippen LogP contribution >= 0.6 is 0 Å². The van der Waals surface area contributed by atoms with Gasteiger partial charge in [-0.25, -0.2) is 14.4 Å². The third-order valence-electron chi connectivity index (χ3n) is 16.8. The number of nitrogens with two attached hydrogens (primary N) is 1. The minimum atomic E-state index is -1.12. The molecule has 0 saturated carbocycles. The van der Waals surface area contributed by atoms with E-state index >= 15 is 0 Å². The highest BCUT2D eigenvalue weighted by Crippen LogP contribution is 2.30. The zero-order valence-corrected chi connectivity index (χ0v) is 57.4. The second-order valence-electron chi connectivity index (χ2n) is 24.8. The van der Waals surface area contributed by atoms with Crippen LogP contribution in [0.4, 0.5) is 20.1 Å². The van der Waals surface area contributed by atoms with E-state index < -0.39 is 126 Å². The first kappa shape index (κ1) is 80.4. The molecule has 1 fully saturated rings. The minimum Gasteiger partial charge on any atom is -0.445 e. The SMILES string of the molecule is CC[C@@H](C)[C@H]([C@H](CC(=O)N1CCC[C@@H]1[C@@H](OC)[C@H](C)C(=O)N[C@@H](C)C(O)c1ccccc1)OC)N(C)C(=O)[C@H](NC(=O)[C@@H](C(C)C)N(C)C(=O)OCc1ccc(NC(=O)[C@@H](CCCNC(N)=O)NC(=O)[C@H](NC(=O)NCCOCCOCCN=[N+]=[N-])C(C)C)cc1)C(C)C. The van der Waals surface area contributed by atoms with E-state index in [0.717, 1.165) is 0 Å². The van der Waals surface area contributed by atoms with Gasteiger partial charge in [0.2, 0.25) is 35.4 Å². The zero-order chi connectivity index (χ0) is 70.2. The van der Waals surface area contributed by atoms with Gasteiger partial charge in [0.15, 0.2) is 0 Å². The Kier molecular flexibility index (Phi) is 35.8. The van der Waals surface area contributed by atoms with E-state index in [-0.39, 0.29) is 89.7 Å². The van der Waals surface area contributed by atoms with Crippen LogP contribution in [0.5, 0.6) is 0 Å². The summed E-state index contributed by atoms with van der Waals surface area (Å²) in [7, 11) is 6.08. The molecule has 526 valence electrons. The average Bonchev–Trinajstić information content (AvgIpc) is 1.43. The molecule has 1 aliphatic rings. The third-order valence-corrected chi connectivity index (χ3v) is 16.8. The lowest BCUT2D eigenvalue weighted by atomic mass is 9.89. The molecule has 12 atom stereocenters. The molecule has 1 unspecified atom stereocenters. The number of carbonyl (C=O) groups excluding carboxylic acids is 9. The van der Waals surface area contributed by atoms with Crippen molar-refractivity contribution in [3.8, 4) is 0 Å². The smallest absolute Gasteiger partial charge is 0.410 e. The minimum absolute atomic E-state index is 0.0774. The molecule has 1 aliphatic heterocycles. The number of aliphatic hydroxyl groups is 1. The summed E-state index contributed by atoms with van der Waals surface area (Å²) in [5, 5.41) is 33.5. The molecule has 2 aromatic rings. The summed E-state index contributed by atoms with van der Waals surface area (Å²) in [6.45, 7) is 19.5. The van der Waals surface area contributed by atoms with Gasteiger partial charge in [-0.1, -0.05) is 116 Å². The molecule has 0 radical (unpaired) electrons. The Labute approximate surface area is 553 Å². The van der Waals surface area contributed by atoms with Gasteiger partial charge in [0.05, 0.1) is 75.2 Å². The Balaban J connectivity index is 1.67. The number of primary amides is 1. The van der Waals surface area contributed by atoms with Crippen LogP contribution in [0.25, 0.3) is 10.4 Å². The van der Waals surface area contributed by atoms with Crippen LogP contribution in [0.1, 0.15) is 125 Å². The maximum atomic E-state index is 14.8. The van der Waals surface area contributed by atoms with Gasteiger partial charge in [-0.05, 0) is 85.1 Å². The number of carbonyl (C=O) groups is 9. The third kappa shape index (κ3) is 25.8. The molecular weight excluding hydrogens is 1220 g/mol. The van der Waals surface area contributed by atoms with Gasteiger partial charge in [-0.15, -0.1) is 0 Å². The number of methoxy groups -OCH3 is 2. The Morgan fingerprint density at radius 1 is 0.745 bits per heavy atom. The molecule has 29 heteroatoms. The molecule has 1 heterocycles. The van der Waals surface area contributed by atoms with E-state index in [9.17, 15) is 48.3 Å². The maximum absolute atomic E-state index is 14.8. The number of benzene rings is 2. The number of rotatable bonds is 41. The van der Waals surface area contributed by atoms with Gasteiger partial charge in [0.1, 0.15) is 30.8 Å². The lowest BCUT2D eigenvalue weighted by Gasteiger charge is -2.41. The van der Waals surface area contributed by atoms with Gasteiger partial charge < -0.3 is 81.5 Å². The quantitative estimate of drug-likeness (QED) is 0.0181. The molecule has 3 rings (SSSR count). The molecule has 11 amide bonds.